The van der Waals surface area contributed by atoms with Crippen molar-refractivity contribution in [2.45, 2.75) is 19.5 Å². The van der Waals surface area contributed by atoms with E-state index in [-0.39, 0.29) is 0 Å². The molecule has 0 fully saturated rings. The van der Waals surface area contributed by atoms with Gasteiger partial charge in [-0.3, -0.25) is 4.90 Å². The number of benzene rings is 1. The first-order chi connectivity index (χ1) is 5.68. The highest BCUT2D eigenvalue weighted by atomic mass is 79.9. The van der Waals surface area contributed by atoms with Crippen LogP contribution in [-0.4, -0.2) is 11.9 Å². The van der Waals surface area contributed by atoms with Crippen LogP contribution in [0.25, 0.3) is 0 Å². The third kappa shape index (κ3) is 1.19. The SMILES string of the molecule is CC1c2ccc(Br)cc2CN1C. The summed E-state index contributed by atoms with van der Waals surface area (Å²) in [5, 5.41) is 0. The molecule has 0 radical (unpaired) electrons. The van der Waals surface area contributed by atoms with E-state index in [0.29, 0.717) is 6.04 Å². The molecule has 64 valence electrons. The largest absolute Gasteiger partial charge is 0.295 e. The maximum atomic E-state index is 3.49. The van der Waals surface area contributed by atoms with Crippen molar-refractivity contribution in [3.8, 4) is 0 Å². The lowest BCUT2D eigenvalue weighted by Crippen LogP contribution is -2.12. The van der Waals surface area contributed by atoms with Gasteiger partial charge >= 0.3 is 0 Å². The monoisotopic (exact) mass is 225 g/mol. The Balaban J connectivity index is 2.47. The smallest absolute Gasteiger partial charge is 0.0323 e. The van der Waals surface area contributed by atoms with Gasteiger partial charge in [0.15, 0.2) is 0 Å². The summed E-state index contributed by atoms with van der Waals surface area (Å²) in [6.07, 6.45) is 0. The van der Waals surface area contributed by atoms with Gasteiger partial charge in [-0.2, -0.15) is 0 Å². The van der Waals surface area contributed by atoms with Crippen LogP contribution in [0.1, 0.15) is 24.1 Å². The van der Waals surface area contributed by atoms with E-state index in [4.69, 9.17) is 0 Å². The summed E-state index contributed by atoms with van der Waals surface area (Å²) < 4.78 is 1.18. The van der Waals surface area contributed by atoms with Gasteiger partial charge in [0.05, 0.1) is 0 Å². The van der Waals surface area contributed by atoms with Gasteiger partial charge in [0, 0.05) is 17.1 Å². The van der Waals surface area contributed by atoms with Crippen molar-refractivity contribution < 1.29 is 0 Å². The minimum Gasteiger partial charge on any atom is -0.295 e. The molecule has 0 aromatic heterocycles. The molecule has 0 N–H and O–H groups in total. The minimum atomic E-state index is 0.577. The molecule has 1 nitrogen and oxygen atoms in total. The fourth-order valence-electron chi connectivity index (χ4n) is 1.76. The second-order valence-electron chi connectivity index (χ2n) is 3.43. The molecule has 0 bridgehead atoms. The average Bonchev–Trinajstić information content (AvgIpc) is 2.28. The lowest BCUT2D eigenvalue weighted by molar-refractivity contribution is 0.286. The molecule has 1 aromatic rings. The Kier molecular flexibility index (Phi) is 1.97. The lowest BCUT2D eigenvalue weighted by atomic mass is 10.1. The Bertz CT molecular complexity index is 309. The Morgan fingerprint density at radius 1 is 1.50 bits per heavy atom. The highest BCUT2D eigenvalue weighted by Crippen LogP contribution is 2.33. The second-order valence-corrected chi connectivity index (χ2v) is 4.35. The van der Waals surface area contributed by atoms with Crippen molar-refractivity contribution in [2.75, 3.05) is 7.05 Å². The van der Waals surface area contributed by atoms with Crippen molar-refractivity contribution >= 4 is 15.9 Å². The molecule has 1 aliphatic rings. The lowest BCUT2D eigenvalue weighted by Gasteiger charge is -2.13. The van der Waals surface area contributed by atoms with Gasteiger partial charge in [-0.15, -0.1) is 0 Å². The number of nitrogens with zero attached hydrogens (tertiary/aromatic N) is 1. The first kappa shape index (κ1) is 8.27. The molecular formula is C10H12BrN. The van der Waals surface area contributed by atoms with Gasteiger partial charge < -0.3 is 0 Å². The Hall–Kier alpha value is -0.340. The van der Waals surface area contributed by atoms with Crippen LogP contribution >= 0.6 is 15.9 Å². The first-order valence-corrected chi connectivity index (χ1v) is 4.96. The van der Waals surface area contributed by atoms with E-state index in [9.17, 15) is 0 Å². The molecule has 2 rings (SSSR count). The fraction of sp³-hybridized carbons (Fsp3) is 0.400. The minimum absolute atomic E-state index is 0.577. The summed E-state index contributed by atoms with van der Waals surface area (Å²) in [4.78, 5) is 2.36. The van der Waals surface area contributed by atoms with E-state index in [0.717, 1.165) is 6.54 Å². The van der Waals surface area contributed by atoms with Crippen LogP contribution in [0.4, 0.5) is 0 Å². The summed E-state index contributed by atoms with van der Waals surface area (Å²) in [5.41, 5.74) is 2.93. The molecule has 1 unspecified atom stereocenters. The number of hydrogen-bond acceptors (Lipinski definition) is 1. The fourth-order valence-corrected chi connectivity index (χ4v) is 2.17. The molecule has 0 saturated carbocycles. The van der Waals surface area contributed by atoms with E-state index in [1.165, 1.54) is 15.6 Å². The molecule has 1 heterocycles. The van der Waals surface area contributed by atoms with Gasteiger partial charge in [-0.1, -0.05) is 22.0 Å². The van der Waals surface area contributed by atoms with Crippen molar-refractivity contribution in [3.05, 3.63) is 33.8 Å². The van der Waals surface area contributed by atoms with Crippen LogP contribution in [0, 0.1) is 0 Å². The van der Waals surface area contributed by atoms with Crippen molar-refractivity contribution in [1.29, 1.82) is 0 Å². The van der Waals surface area contributed by atoms with Crippen LogP contribution < -0.4 is 0 Å². The van der Waals surface area contributed by atoms with Crippen LogP contribution in [0.2, 0.25) is 0 Å². The van der Waals surface area contributed by atoms with Gasteiger partial charge in [0.2, 0.25) is 0 Å². The zero-order chi connectivity index (χ0) is 8.72. The quantitative estimate of drug-likeness (QED) is 0.657. The molecule has 1 aromatic carbocycles. The van der Waals surface area contributed by atoms with Crippen LogP contribution in [0.3, 0.4) is 0 Å². The van der Waals surface area contributed by atoms with Crippen LogP contribution in [0.5, 0.6) is 0 Å². The van der Waals surface area contributed by atoms with E-state index in [1.807, 2.05) is 0 Å². The van der Waals surface area contributed by atoms with E-state index in [2.05, 4.69) is 53.0 Å². The number of halogens is 1. The average molecular weight is 226 g/mol. The Morgan fingerprint density at radius 2 is 2.25 bits per heavy atom. The summed E-state index contributed by atoms with van der Waals surface area (Å²) in [7, 11) is 2.17. The van der Waals surface area contributed by atoms with Gasteiger partial charge in [-0.05, 0) is 37.2 Å². The van der Waals surface area contributed by atoms with E-state index < -0.39 is 0 Å². The van der Waals surface area contributed by atoms with Crippen molar-refractivity contribution in [2.24, 2.45) is 0 Å². The van der Waals surface area contributed by atoms with Crippen molar-refractivity contribution in [3.63, 3.8) is 0 Å². The highest BCUT2D eigenvalue weighted by Gasteiger charge is 2.22. The summed E-state index contributed by atoms with van der Waals surface area (Å²) in [5.74, 6) is 0. The van der Waals surface area contributed by atoms with E-state index >= 15 is 0 Å². The normalized spacial score (nSPS) is 22.8. The molecule has 0 spiro atoms. The van der Waals surface area contributed by atoms with Crippen molar-refractivity contribution in [1.82, 2.24) is 4.90 Å². The predicted molar refractivity (Wildman–Crippen MR) is 54.0 cm³/mol. The maximum absolute atomic E-state index is 3.49. The van der Waals surface area contributed by atoms with Gasteiger partial charge in [0.1, 0.15) is 0 Å². The third-order valence-corrected chi connectivity index (χ3v) is 3.13. The molecule has 1 aliphatic heterocycles. The molecule has 0 amide bonds. The van der Waals surface area contributed by atoms with Crippen LogP contribution in [-0.2, 0) is 6.54 Å². The number of fused-ring (bicyclic) bond motifs is 1. The van der Waals surface area contributed by atoms with Gasteiger partial charge in [0.25, 0.3) is 0 Å². The maximum Gasteiger partial charge on any atom is 0.0323 e. The van der Waals surface area contributed by atoms with Gasteiger partial charge in [-0.25, -0.2) is 0 Å². The number of hydrogen-bond donors (Lipinski definition) is 0. The predicted octanol–water partition coefficient (Wildman–Crippen LogP) is 2.96. The topological polar surface area (TPSA) is 3.24 Å². The summed E-state index contributed by atoms with van der Waals surface area (Å²) >= 11 is 3.49. The summed E-state index contributed by atoms with van der Waals surface area (Å²) in [6.45, 7) is 3.33. The molecule has 12 heavy (non-hydrogen) atoms. The first-order valence-electron chi connectivity index (χ1n) is 4.17. The van der Waals surface area contributed by atoms with Crippen LogP contribution in [0.15, 0.2) is 22.7 Å². The molecule has 0 saturated heterocycles. The molecular weight excluding hydrogens is 214 g/mol. The number of rotatable bonds is 0. The Morgan fingerprint density at radius 3 is 3.00 bits per heavy atom. The zero-order valence-corrected chi connectivity index (χ0v) is 8.93. The summed E-state index contributed by atoms with van der Waals surface area (Å²) in [6, 6.07) is 7.13. The Labute approximate surface area is 81.5 Å². The molecule has 0 aliphatic carbocycles. The molecule has 2 heteroatoms. The second kappa shape index (κ2) is 2.86. The molecule has 1 atom stereocenters. The standard InChI is InChI=1S/C10H12BrN/c1-7-10-4-3-9(11)5-8(10)6-12(7)2/h3-5,7H,6H2,1-2H3. The highest BCUT2D eigenvalue weighted by molar-refractivity contribution is 9.10. The zero-order valence-electron chi connectivity index (χ0n) is 7.34. The van der Waals surface area contributed by atoms with E-state index in [1.54, 1.807) is 0 Å². The third-order valence-electron chi connectivity index (χ3n) is 2.64.